The number of hydrogen-bond donors (Lipinski definition) is 1. The number of nitrogens with one attached hydrogen (secondary N) is 1. The Hall–Kier alpha value is -0.620. The van der Waals surface area contributed by atoms with Crippen molar-refractivity contribution in [3.05, 3.63) is 29.3 Å². The second kappa shape index (κ2) is 6.70. The summed E-state index contributed by atoms with van der Waals surface area (Å²) in [6, 6.07) is 6.37. The third-order valence-electron chi connectivity index (χ3n) is 3.28. The zero-order valence-corrected chi connectivity index (χ0v) is 12.4. The molecular weight excluding hydrogens is 284 g/mol. The Bertz CT molecular complexity index is 494. The maximum atomic E-state index is 12.2. The summed E-state index contributed by atoms with van der Waals surface area (Å²) in [5.41, 5.74) is 0. The molecule has 0 bridgehead atoms. The van der Waals surface area contributed by atoms with Crippen molar-refractivity contribution in [3.63, 3.8) is 0 Å². The molecule has 0 spiro atoms. The molecule has 0 aromatic heterocycles. The van der Waals surface area contributed by atoms with Crippen molar-refractivity contribution in [1.82, 2.24) is 10.2 Å². The molecule has 2 rings (SSSR count). The van der Waals surface area contributed by atoms with Crippen LogP contribution in [0.5, 0.6) is 0 Å². The van der Waals surface area contributed by atoms with Gasteiger partial charge in [-0.1, -0.05) is 11.6 Å². The van der Waals surface area contributed by atoms with E-state index in [4.69, 9.17) is 11.6 Å². The van der Waals surface area contributed by atoms with Crippen LogP contribution in [0.3, 0.4) is 0 Å². The molecule has 1 saturated heterocycles. The van der Waals surface area contributed by atoms with Gasteiger partial charge in [-0.2, -0.15) is 0 Å². The number of halogens is 1. The second-order valence-electron chi connectivity index (χ2n) is 4.72. The minimum Gasteiger partial charge on any atom is -0.315 e. The van der Waals surface area contributed by atoms with Crippen LogP contribution in [0.4, 0.5) is 0 Å². The lowest BCUT2D eigenvalue weighted by Crippen LogP contribution is -2.32. The van der Waals surface area contributed by atoms with Crippen molar-refractivity contribution in [2.24, 2.45) is 0 Å². The van der Waals surface area contributed by atoms with E-state index in [2.05, 4.69) is 10.2 Å². The average molecular weight is 303 g/mol. The molecule has 0 unspecified atom stereocenters. The van der Waals surface area contributed by atoms with Crippen LogP contribution in [0, 0.1) is 0 Å². The minimum atomic E-state index is -3.21. The van der Waals surface area contributed by atoms with Crippen molar-refractivity contribution in [3.8, 4) is 0 Å². The van der Waals surface area contributed by atoms with E-state index in [-0.39, 0.29) is 5.75 Å². The lowest BCUT2D eigenvalue weighted by atomic mass is 10.4. The fourth-order valence-corrected chi connectivity index (χ4v) is 3.55. The molecule has 0 saturated carbocycles. The zero-order valence-electron chi connectivity index (χ0n) is 10.8. The zero-order chi connectivity index (χ0) is 13.7. The molecule has 0 radical (unpaired) electrons. The molecule has 1 aromatic carbocycles. The molecule has 106 valence electrons. The number of hydrogen-bond acceptors (Lipinski definition) is 4. The minimum absolute atomic E-state index is 0.161. The summed E-state index contributed by atoms with van der Waals surface area (Å²) in [5, 5.41) is 3.86. The van der Waals surface area contributed by atoms with Crippen molar-refractivity contribution in [2.45, 2.75) is 11.3 Å². The summed E-state index contributed by atoms with van der Waals surface area (Å²) < 4.78 is 24.4. The van der Waals surface area contributed by atoms with E-state index in [0.29, 0.717) is 16.5 Å². The summed E-state index contributed by atoms with van der Waals surface area (Å²) in [4.78, 5) is 2.55. The van der Waals surface area contributed by atoms with Crippen LogP contribution in [-0.4, -0.2) is 51.8 Å². The van der Waals surface area contributed by atoms with Gasteiger partial charge in [0.25, 0.3) is 0 Å². The number of rotatable bonds is 4. The van der Waals surface area contributed by atoms with E-state index in [1.165, 1.54) is 0 Å². The van der Waals surface area contributed by atoms with Crippen molar-refractivity contribution in [2.75, 3.05) is 38.5 Å². The summed E-state index contributed by atoms with van der Waals surface area (Å²) in [6.45, 7) is 4.41. The summed E-state index contributed by atoms with van der Waals surface area (Å²) >= 11 is 5.77. The average Bonchev–Trinajstić information content (AvgIpc) is 2.65. The third kappa shape index (κ3) is 4.45. The number of benzene rings is 1. The van der Waals surface area contributed by atoms with Crippen molar-refractivity contribution < 1.29 is 8.42 Å². The molecule has 6 heteroatoms. The lowest BCUT2D eigenvalue weighted by molar-refractivity contribution is 0.309. The molecule has 0 atom stereocenters. The van der Waals surface area contributed by atoms with Gasteiger partial charge in [-0.3, -0.25) is 0 Å². The first-order valence-corrected chi connectivity index (χ1v) is 8.52. The van der Waals surface area contributed by atoms with Crippen LogP contribution in [0.15, 0.2) is 29.2 Å². The van der Waals surface area contributed by atoms with Crippen LogP contribution >= 0.6 is 11.6 Å². The Labute approximate surface area is 119 Å². The van der Waals surface area contributed by atoms with Gasteiger partial charge in [0.2, 0.25) is 0 Å². The molecule has 0 aliphatic carbocycles. The Morgan fingerprint density at radius 1 is 1.16 bits per heavy atom. The Balaban J connectivity index is 1.95. The van der Waals surface area contributed by atoms with E-state index in [9.17, 15) is 8.42 Å². The topological polar surface area (TPSA) is 49.4 Å². The normalized spacial score (nSPS) is 18.2. The predicted molar refractivity (Wildman–Crippen MR) is 77.4 cm³/mol. The van der Waals surface area contributed by atoms with Crippen molar-refractivity contribution in [1.29, 1.82) is 0 Å². The van der Waals surface area contributed by atoms with Gasteiger partial charge < -0.3 is 10.2 Å². The smallest absolute Gasteiger partial charge is 0.179 e. The highest BCUT2D eigenvalue weighted by molar-refractivity contribution is 7.91. The fourth-order valence-electron chi connectivity index (χ4n) is 2.13. The highest BCUT2D eigenvalue weighted by Crippen LogP contribution is 2.15. The maximum Gasteiger partial charge on any atom is 0.179 e. The molecular formula is C13H19ClN2O2S. The first kappa shape index (κ1) is 14.8. The first-order valence-electron chi connectivity index (χ1n) is 6.49. The van der Waals surface area contributed by atoms with E-state index in [0.717, 1.165) is 32.6 Å². The fraction of sp³-hybridized carbons (Fsp3) is 0.538. The molecule has 1 aliphatic heterocycles. The molecule has 1 aliphatic rings. The van der Waals surface area contributed by atoms with Crippen LogP contribution < -0.4 is 5.32 Å². The molecule has 1 fully saturated rings. The van der Waals surface area contributed by atoms with E-state index in [1.807, 2.05) is 0 Å². The van der Waals surface area contributed by atoms with E-state index in [1.54, 1.807) is 24.3 Å². The number of nitrogens with zero attached hydrogens (tertiary/aromatic N) is 1. The van der Waals surface area contributed by atoms with Gasteiger partial charge >= 0.3 is 0 Å². The van der Waals surface area contributed by atoms with Crippen molar-refractivity contribution >= 4 is 21.4 Å². The largest absolute Gasteiger partial charge is 0.315 e. The van der Waals surface area contributed by atoms with Gasteiger partial charge in [0.15, 0.2) is 9.84 Å². The third-order valence-corrected chi connectivity index (χ3v) is 5.24. The van der Waals surface area contributed by atoms with Gasteiger partial charge in [-0.15, -0.1) is 0 Å². The Kier molecular flexibility index (Phi) is 5.21. The maximum absolute atomic E-state index is 12.2. The predicted octanol–water partition coefficient (Wildman–Crippen LogP) is 1.41. The van der Waals surface area contributed by atoms with Crippen LogP contribution in [0.2, 0.25) is 5.02 Å². The molecule has 4 nitrogen and oxygen atoms in total. The summed E-state index contributed by atoms with van der Waals surface area (Å²) in [7, 11) is -3.21. The Morgan fingerprint density at radius 2 is 1.89 bits per heavy atom. The van der Waals surface area contributed by atoms with Gasteiger partial charge in [0.05, 0.1) is 10.6 Å². The van der Waals surface area contributed by atoms with E-state index >= 15 is 0 Å². The second-order valence-corrected chi connectivity index (χ2v) is 7.26. The molecule has 1 aromatic rings. The molecule has 1 N–H and O–H groups in total. The SMILES string of the molecule is O=S(=O)(CCN1CCCNCC1)c1ccc(Cl)cc1. The Morgan fingerprint density at radius 3 is 2.63 bits per heavy atom. The van der Waals surface area contributed by atoms with Gasteiger partial charge in [-0.05, 0) is 43.8 Å². The van der Waals surface area contributed by atoms with Gasteiger partial charge in [0.1, 0.15) is 0 Å². The standard InChI is InChI=1S/C13H19ClN2O2S/c14-12-2-4-13(5-3-12)19(17,18)11-10-16-8-1-6-15-7-9-16/h2-5,15H,1,6-11H2. The first-order chi connectivity index (χ1) is 9.08. The summed E-state index contributed by atoms with van der Waals surface area (Å²) in [5.74, 6) is 0.161. The number of sulfone groups is 1. The monoisotopic (exact) mass is 302 g/mol. The highest BCUT2D eigenvalue weighted by Gasteiger charge is 2.17. The van der Waals surface area contributed by atoms with E-state index < -0.39 is 9.84 Å². The van der Waals surface area contributed by atoms with Crippen LogP contribution in [0.25, 0.3) is 0 Å². The highest BCUT2D eigenvalue weighted by atomic mass is 35.5. The van der Waals surface area contributed by atoms with Gasteiger partial charge in [0, 0.05) is 24.7 Å². The quantitative estimate of drug-likeness (QED) is 0.914. The van der Waals surface area contributed by atoms with Crippen LogP contribution in [-0.2, 0) is 9.84 Å². The lowest BCUT2D eigenvalue weighted by Gasteiger charge is -2.19. The van der Waals surface area contributed by atoms with Gasteiger partial charge in [-0.25, -0.2) is 8.42 Å². The molecule has 1 heterocycles. The molecule has 0 amide bonds. The summed E-state index contributed by atoms with van der Waals surface area (Å²) in [6.07, 6.45) is 1.07. The van der Waals surface area contributed by atoms with Crippen LogP contribution in [0.1, 0.15) is 6.42 Å². The molecule has 19 heavy (non-hydrogen) atoms.